The van der Waals surface area contributed by atoms with Crippen LogP contribution < -0.4 is 14.8 Å². The molecule has 0 saturated heterocycles. The minimum Gasteiger partial charge on any atom is -0.493 e. The fraction of sp³-hybridized carbons (Fsp3) is 0.500. The van der Waals surface area contributed by atoms with Crippen molar-refractivity contribution in [3.05, 3.63) is 23.8 Å². The summed E-state index contributed by atoms with van der Waals surface area (Å²) in [6.45, 7) is 2.18. The van der Waals surface area contributed by atoms with Crippen molar-refractivity contribution in [1.29, 1.82) is 0 Å². The highest BCUT2D eigenvalue weighted by Crippen LogP contribution is 2.30. The first-order valence-electron chi connectivity index (χ1n) is 6.21. The Hall–Kier alpha value is -1.75. The van der Waals surface area contributed by atoms with Crippen LogP contribution in [0.15, 0.2) is 18.2 Å². The Morgan fingerprint density at radius 1 is 1.26 bits per heavy atom. The molecule has 1 unspecified atom stereocenters. The van der Waals surface area contributed by atoms with E-state index in [1.54, 1.807) is 28.2 Å². The van der Waals surface area contributed by atoms with Crippen molar-refractivity contribution in [1.82, 2.24) is 5.32 Å². The summed E-state index contributed by atoms with van der Waals surface area (Å²) in [5, 5.41) is 3.10. The Bertz CT molecular complexity index is 420. The average Bonchev–Trinajstić information content (AvgIpc) is 2.44. The van der Waals surface area contributed by atoms with Crippen molar-refractivity contribution in [2.75, 3.05) is 27.9 Å². The number of hydrogen-bond acceptors (Lipinski definition) is 5. The quantitative estimate of drug-likeness (QED) is 0.765. The molecule has 5 nitrogen and oxygen atoms in total. The Kier molecular flexibility index (Phi) is 6.15. The van der Waals surface area contributed by atoms with Gasteiger partial charge in [-0.25, -0.2) is 0 Å². The fourth-order valence-corrected chi connectivity index (χ4v) is 1.84. The predicted molar refractivity (Wildman–Crippen MR) is 72.6 cm³/mol. The maximum Gasteiger partial charge on any atom is 0.307 e. The van der Waals surface area contributed by atoms with E-state index in [-0.39, 0.29) is 18.4 Å². The number of rotatable bonds is 7. The van der Waals surface area contributed by atoms with Crippen molar-refractivity contribution in [3.63, 3.8) is 0 Å². The molecule has 1 rings (SSSR count). The molecular weight excluding hydrogens is 246 g/mol. The Balaban J connectivity index is 2.89. The van der Waals surface area contributed by atoms with Crippen LogP contribution in [0.5, 0.6) is 11.5 Å². The fourth-order valence-electron chi connectivity index (χ4n) is 1.84. The average molecular weight is 267 g/mol. The third kappa shape index (κ3) is 4.13. The molecule has 1 atom stereocenters. The van der Waals surface area contributed by atoms with Gasteiger partial charge in [0, 0.05) is 6.04 Å². The largest absolute Gasteiger partial charge is 0.493 e. The first-order valence-corrected chi connectivity index (χ1v) is 6.21. The molecule has 19 heavy (non-hydrogen) atoms. The van der Waals surface area contributed by atoms with E-state index in [1.165, 1.54) is 0 Å². The molecule has 0 aliphatic carbocycles. The van der Waals surface area contributed by atoms with Crippen LogP contribution >= 0.6 is 0 Å². The lowest BCUT2D eigenvalue weighted by atomic mass is 10.0. The topological polar surface area (TPSA) is 56.8 Å². The summed E-state index contributed by atoms with van der Waals surface area (Å²) in [7, 11) is 4.98. The van der Waals surface area contributed by atoms with Gasteiger partial charge in [0.1, 0.15) is 0 Å². The molecule has 0 heterocycles. The number of ether oxygens (including phenoxy) is 3. The molecule has 0 aliphatic heterocycles. The molecular formula is C14H21NO4. The van der Waals surface area contributed by atoms with E-state index in [2.05, 4.69) is 5.32 Å². The van der Waals surface area contributed by atoms with Crippen molar-refractivity contribution in [3.8, 4) is 11.5 Å². The first kappa shape index (κ1) is 15.3. The van der Waals surface area contributed by atoms with Gasteiger partial charge in [0.05, 0.1) is 27.2 Å². The summed E-state index contributed by atoms with van der Waals surface area (Å²) < 4.78 is 15.4. The highest BCUT2D eigenvalue weighted by atomic mass is 16.5. The lowest BCUT2D eigenvalue weighted by Crippen LogP contribution is -2.21. The maximum absolute atomic E-state index is 11.5. The van der Waals surface area contributed by atoms with Crippen LogP contribution in [0.2, 0.25) is 0 Å². The van der Waals surface area contributed by atoms with E-state index in [1.807, 2.05) is 18.2 Å². The van der Waals surface area contributed by atoms with Gasteiger partial charge in [0.2, 0.25) is 0 Å². The third-order valence-corrected chi connectivity index (χ3v) is 2.83. The number of hydrogen-bond donors (Lipinski definition) is 1. The van der Waals surface area contributed by atoms with E-state index in [9.17, 15) is 4.79 Å². The van der Waals surface area contributed by atoms with E-state index in [0.29, 0.717) is 18.1 Å². The van der Waals surface area contributed by atoms with Crippen molar-refractivity contribution >= 4 is 5.97 Å². The molecule has 1 N–H and O–H groups in total. The molecule has 0 spiro atoms. The SMILES string of the molecule is CCOC(=O)CC(NC)c1ccc(OC)c(OC)c1. The van der Waals surface area contributed by atoms with E-state index < -0.39 is 0 Å². The minimum absolute atomic E-state index is 0.112. The molecule has 1 aromatic carbocycles. The van der Waals surface area contributed by atoms with Crippen LogP contribution in [0.1, 0.15) is 24.9 Å². The van der Waals surface area contributed by atoms with E-state index in [4.69, 9.17) is 14.2 Å². The van der Waals surface area contributed by atoms with Gasteiger partial charge in [0.15, 0.2) is 11.5 Å². The minimum atomic E-state index is -0.225. The molecule has 0 aliphatic rings. The van der Waals surface area contributed by atoms with Gasteiger partial charge in [-0.1, -0.05) is 6.07 Å². The normalized spacial score (nSPS) is 11.8. The summed E-state index contributed by atoms with van der Waals surface area (Å²) in [5.41, 5.74) is 0.952. The maximum atomic E-state index is 11.5. The molecule has 0 amide bonds. The van der Waals surface area contributed by atoms with Gasteiger partial charge in [-0.2, -0.15) is 0 Å². The number of nitrogens with one attached hydrogen (secondary N) is 1. The van der Waals surface area contributed by atoms with Crippen molar-refractivity contribution in [2.45, 2.75) is 19.4 Å². The number of benzene rings is 1. The third-order valence-electron chi connectivity index (χ3n) is 2.83. The van der Waals surface area contributed by atoms with Gasteiger partial charge in [0.25, 0.3) is 0 Å². The molecule has 0 fully saturated rings. The Morgan fingerprint density at radius 3 is 2.47 bits per heavy atom. The van der Waals surface area contributed by atoms with Gasteiger partial charge >= 0.3 is 5.97 Å². The van der Waals surface area contributed by atoms with Gasteiger partial charge in [-0.05, 0) is 31.7 Å². The van der Waals surface area contributed by atoms with Crippen LogP contribution in [0.3, 0.4) is 0 Å². The van der Waals surface area contributed by atoms with E-state index in [0.717, 1.165) is 5.56 Å². The van der Waals surface area contributed by atoms with Gasteiger partial charge < -0.3 is 19.5 Å². The van der Waals surface area contributed by atoms with Gasteiger partial charge in [-0.15, -0.1) is 0 Å². The summed E-state index contributed by atoms with van der Waals surface area (Å²) in [6, 6.07) is 5.48. The zero-order valence-electron chi connectivity index (χ0n) is 11.9. The molecule has 5 heteroatoms. The first-order chi connectivity index (χ1) is 9.15. The van der Waals surface area contributed by atoms with Crippen LogP contribution in [-0.4, -0.2) is 33.8 Å². The summed E-state index contributed by atoms with van der Waals surface area (Å²) in [5.74, 6) is 1.08. The predicted octanol–water partition coefficient (Wildman–Crippen LogP) is 1.92. The van der Waals surface area contributed by atoms with Crippen molar-refractivity contribution < 1.29 is 19.0 Å². The molecule has 0 radical (unpaired) electrons. The molecule has 1 aromatic rings. The zero-order valence-corrected chi connectivity index (χ0v) is 11.9. The summed E-state index contributed by atoms with van der Waals surface area (Å²) in [4.78, 5) is 11.5. The van der Waals surface area contributed by atoms with Crippen molar-refractivity contribution in [2.24, 2.45) is 0 Å². The summed E-state index contributed by atoms with van der Waals surface area (Å²) in [6.07, 6.45) is 0.278. The van der Waals surface area contributed by atoms with Crippen LogP contribution in [0.4, 0.5) is 0 Å². The highest BCUT2D eigenvalue weighted by Gasteiger charge is 2.17. The molecule has 0 saturated carbocycles. The number of carbonyl (C=O) groups excluding carboxylic acids is 1. The monoisotopic (exact) mass is 267 g/mol. The summed E-state index contributed by atoms with van der Waals surface area (Å²) >= 11 is 0. The zero-order chi connectivity index (χ0) is 14.3. The smallest absolute Gasteiger partial charge is 0.307 e. The van der Waals surface area contributed by atoms with Crippen LogP contribution in [-0.2, 0) is 9.53 Å². The molecule has 106 valence electrons. The highest BCUT2D eigenvalue weighted by molar-refractivity contribution is 5.70. The standard InChI is InChI=1S/C14H21NO4/c1-5-19-14(16)9-11(15-2)10-6-7-12(17-3)13(8-10)18-4/h6-8,11,15H,5,9H2,1-4H3. The lowest BCUT2D eigenvalue weighted by Gasteiger charge is -2.17. The second kappa shape index (κ2) is 7.63. The van der Waals surface area contributed by atoms with E-state index >= 15 is 0 Å². The molecule has 0 bridgehead atoms. The van der Waals surface area contributed by atoms with Crippen LogP contribution in [0.25, 0.3) is 0 Å². The Morgan fingerprint density at radius 2 is 1.95 bits per heavy atom. The second-order valence-corrected chi connectivity index (χ2v) is 3.96. The second-order valence-electron chi connectivity index (χ2n) is 3.96. The van der Waals surface area contributed by atoms with Gasteiger partial charge in [-0.3, -0.25) is 4.79 Å². The van der Waals surface area contributed by atoms with Crippen LogP contribution in [0, 0.1) is 0 Å². The lowest BCUT2D eigenvalue weighted by molar-refractivity contribution is -0.143. The molecule has 0 aromatic heterocycles. The number of esters is 1. The number of methoxy groups -OCH3 is 2. The number of carbonyl (C=O) groups is 1. The Labute approximate surface area is 113 Å².